The Hall–Kier alpha value is -0.830. The van der Waals surface area contributed by atoms with Gasteiger partial charge in [-0.2, -0.15) is 11.8 Å². The largest absolute Gasteiger partial charge is 0.308 e. The van der Waals surface area contributed by atoms with Crippen molar-refractivity contribution in [2.45, 2.75) is 18.8 Å². The van der Waals surface area contributed by atoms with E-state index in [1.165, 1.54) is 0 Å². The van der Waals surface area contributed by atoms with Gasteiger partial charge in [0.05, 0.1) is 5.69 Å². The Morgan fingerprint density at radius 2 is 2.35 bits per heavy atom. The molecule has 0 aliphatic carbocycles. The first-order chi connectivity index (χ1) is 9.56. The number of aromatic nitrogens is 1. The van der Waals surface area contributed by atoms with Crippen molar-refractivity contribution in [3.63, 3.8) is 0 Å². The third kappa shape index (κ3) is 3.63. The van der Waals surface area contributed by atoms with Crippen LogP contribution in [0.25, 0.3) is 0 Å². The number of nitrogen functional groups attached to an aromatic ring is 1. The van der Waals surface area contributed by atoms with E-state index in [-0.39, 0.29) is 5.75 Å². The maximum atomic E-state index is 12.2. The average Bonchev–Trinajstić information content (AvgIpc) is 2.48. The van der Waals surface area contributed by atoms with Crippen molar-refractivity contribution in [1.29, 1.82) is 0 Å². The lowest BCUT2D eigenvalue weighted by Crippen LogP contribution is -2.47. The van der Waals surface area contributed by atoms with Crippen molar-refractivity contribution in [2.75, 3.05) is 29.2 Å². The van der Waals surface area contributed by atoms with Crippen LogP contribution in [0.3, 0.4) is 0 Å². The second-order valence-electron chi connectivity index (χ2n) is 4.61. The molecule has 0 bridgehead atoms. The summed E-state index contributed by atoms with van der Waals surface area (Å²) >= 11 is 1.69. The summed E-state index contributed by atoms with van der Waals surface area (Å²) in [5.41, 5.74) is 3.33. The number of pyridine rings is 1. The third-order valence-corrected chi connectivity index (χ3v) is 6.66. The highest BCUT2D eigenvalue weighted by molar-refractivity contribution is 8.01. The lowest BCUT2D eigenvalue weighted by molar-refractivity contribution is 0.259. The van der Waals surface area contributed by atoms with E-state index in [4.69, 9.17) is 5.84 Å². The Morgan fingerprint density at radius 1 is 1.55 bits per heavy atom. The first-order valence-corrected chi connectivity index (χ1v) is 9.39. The molecule has 1 fully saturated rings. The van der Waals surface area contributed by atoms with Crippen LogP contribution in [0.2, 0.25) is 0 Å². The molecule has 1 aliphatic rings. The van der Waals surface area contributed by atoms with Gasteiger partial charge < -0.3 is 5.43 Å². The smallest absolute Gasteiger partial charge is 0.166 e. The predicted octanol–water partition coefficient (Wildman–Crippen LogP) is 0.677. The Labute approximate surface area is 124 Å². The second-order valence-corrected chi connectivity index (χ2v) is 8.21. The van der Waals surface area contributed by atoms with E-state index >= 15 is 0 Å². The van der Waals surface area contributed by atoms with Gasteiger partial charge in [0.15, 0.2) is 9.84 Å². The number of rotatable bonds is 5. The summed E-state index contributed by atoms with van der Waals surface area (Å²) < 4.78 is 24.3. The molecule has 2 rings (SSSR count). The number of sulfone groups is 1. The molecule has 0 radical (unpaired) electrons. The number of nitrogens with two attached hydrogens (primary N) is 1. The van der Waals surface area contributed by atoms with Crippen molar-refractivity contribution in [1.82, 2.24) is 9.88 Å². The third-order valence-electron chi connectivity index (χ3n) is 3.33. The summed E-state index contributed by atoms with van der Waals surface area (Å²) in [6.45, 7) is 2.99. The fraction of sp³-hybridized carbons (Fsp3) is 0.583. The Morgan fingerprint density at radius 3 is 3.05 bits per heavy atom. The van der Waals surface area contributed by atoms with Gasteiger partial charge in [-0.15, -0.1) is 0 Å². The lowest BCUT2D eigenvalue weighted by atomic mass is 10.3. The molecule has 0 amide bonds. The van der Waals surface area contributed by atoms with Crippen molar-refractivity contribution in [3.8, 4) is 0 Å². The minimum atomic E-state index is -3.07. The van der Waals surface area contributed by atoms with Gasteiger partial charge in [0.2, 0.25) is 0 Å². The molecule has 1 saturated heterocycles. The zero-order chi connectivity index (χ0) is 14.6. The van der Waals surface area contributed by atoms with Gasteiger partial charge in [-0.05, 0) is 12.1 Å². The van der Waals surface area contributed by atoms with Gasteiger partial charge in [-0.1, -0.05) is 13.0 Å². The minimum Gasteiger partial charge on any atom is -0.308 e. The molecule has 3 N–H and O–H groups in total. The predicted molar refractivity (Wildman–Crippen MR) is 83.0 cm³/mol. The van der Waals surface area contributed by atoms with E-state index in [0.717, 1.165) is 18.0 Å². The van der Waals surface area contributed by atoms with Crippen molar-refractivity contribution < 1.29 is 8.42 Å². The van der Waals surface area contributed by atoms with Gasteiger partial charge in [0.1, 0.15) is 11.2 Å². The highest BCUT2D eigenvalue weighted by Gasteiger charge is 2.32. The molecule has 2 heterocycles. The van der Waals surface area contributed by atoms with E-state index in [1.807, 2.05) is 17.0 Å². The van der Waals surface area contributed by atoms with Crippen LogP contribution in [-0.2, 0) is 16.4 Å². The number of hydrazine groups is 1. The minimum absolute atomic E-state index is 0.173. The van der Waals surface area contributed by atoms with Crippen molar-refractivity contribution in [2.24, 2.45) is 5.84 Å². The Kier molecular flexibility index (Phi) is 5.25. The number of thioether (sulfide) groups is 1. The zero-order valence-corrected chi connectivity index (χ0v) is 13.1. The molecular formula is C12H20N4O2S2. The molecule has 8 heteroatoms. The molecule has 1 aromatic heterocycles. The SMILES string of the molecule is CCS(=O)(=O)C1CSCCN1Cc1cccc(NN)n1. The molecule has 1 atom stereocenters. The van der Waals surface area contributed by atoms with Crippen LogP contribution in [0.5, 0.6) is 0 Å². The normalized spacial score (nSPS) is 20.8. The van der Waals surface area contributed by atoms with Gasteiger partial charge >= 0.3 is 0 Å². The first-order valence-electron chi connectivity index (χ1n) is 6.52. The van der Waals surface area contributed by atoms with Gasteiger partial charge in [0.25, 0.3) is 0 Å². The molecule has 1 aromatic rings. The van der Waals surface area contributed by atoms with Gasteiger partial charge in [-0.3, -0.25) is 4.90 Å². The summed E-state index contributed by atoms with van der Waals surface area (Å²) in [6, 6.07) is 5.52. The lowest BCUT2D eigenvalue weighted by Gasteiger charge is -2.34. The van der Waals surface area contributed by atoms with Gasteiger partial charge in [0, 0.05) is 30.3 Å². The molecule has 112 valence electrons. The van der Waals surface area contributed by atoms with E-state index in [0.29, 0.717) is 18.1 Å². The summed E-state index contributed by atoms with van der Waals surface area (Å²) in [6.07, 6.45) is 0. The average molecular weight is 316 g/mol. The summed E-state index contributed by atoms with van der Waals surface area (Å²) in [4.78, 5) is 6.35. The second kappa shape index (κ2) is 6.75. The fourth-order valence-corrected chi connectivity index (χ4v) is 5.26. The number of anilines is 1. The quantitative estimate of drug-likeness (QED) is 0.610. The summed E-state index contributed by atoms with van der Waals surface area (Å²) in [7, 11) is -3.07. The molecule has 1 aliphatic heterocycles. The molecule has 0 spiro atoms. The van der Waals surface area contributed by atoms with Crippen LogP contribution in [0.1, 0.15) is 12.6 Å². The Balaban J connectivity index is 2.16. The Bertz CT molecular complexity index is 550. The zero-order valence-electron chi connectivity index (χ0n) is 11.4. The molecule has 20 heavy (non-hydrogen) atoms. The van der Waals surface area contributed by atoms with Crippen LogP contribution in [0.4, 0.5) is 5.82 Å². The molecule has 6 nitrogen and oxygen atoms in total. The number of nitrogens with one attached hydrogen (secondary N) is 1. The van der Waals surface area contributed by atoms with Crippen LogP contribution in [0.15, 0.2) is 18.2 Å². The highest BCUT2D eigenvalue weighted by atomic mass is 32.2. The highest BCUT2D eigenvalue weighted by Crippen LogP contribution is 2.23. The molecular weight excluding hydrogens is 296 g/mol. The summed E-state index contributed by atoms with van der Waals surface area (Å²) in [5.74, 6) is 7.68. The van der Waals surface area contributed by atoms with Crippen LogP contribution in [0, 0.1) is 0 Å². The van der Waals surface area contributed by atoms with Crippen molar-refractivity contribution in [3.05, 3.63) is 23.9 Å². The number of nitrogens with zero attached hydrogens (tertiary/aromatic N) is 2. The van der Waals surface area contributed by atoms with Crippen LogP contribution in [-0.4, -0.2) is 47.5 Å². The standard InChI is InChI=1S/C12H20N4O2S2/c1-2-20(17,18)12-9-19-7-6-16(12)8-10-4-3-5-11(14-10)15-13/h3-5,12H,2,6-9,13H2,1H3,(H,14,15). The molecule has 0 aromatic carbocycles. The number of hydrogen-bond donors (Lipinski definition) is 2. The maximum absolute atomic E-state index is 12.2. The van der Waals surface area contributed by atoms with Crippen LogP contribution >= 0.6 is 11.8 Å². The van der Waals surface area contributed by atoms with Gasteiger partial charge in [-0.25, -0.2) is 19.2 Å². The topological polar surface area (TPSA) is 88.3 Å². The van der Waals surface area contributed by atoms with E-state index in [2.05, 4.69) is 10.4 Å². The van der Waals surface area contributed by atoms with E-state index in [9.17, 15) is 8.42 Å². The monoisotopic (exact) mass is 316 g/mol. The maximum Gasteiger partial charge on any atom is 0.166 e. The van der Waals surface area contributed by atoms with Crippen LogP contribution < -0.4 is 11.3 Å². The van der Waals surface area contributed by atoms with E-state index < -0.39 is 15.2 Å². The van der Waals surface area contributed by atoms with E-state index in [1.54, 1.807) is 24.8 Å². The van der Waals surface area contributed by atoms with Crippen molar-refractivity contribution >= 4 is 27.4 Å². The summed E-state index contributed by atoms with van der Waals surface area (Å²) in [5, 5.41) is -0.414. The molecule has 0 saturated carbocycles. The number of hydrogen-bond acceptors (Lipinski definition) is 7. The fourth-order valence-electron chi connectivity index (χ4n) is 2.18. The first kappa shape index (κ1) is 15.6. The molecule has 1 unspecified atom stereocenters.